The van der Waals surface area contributed by atoms with Crippen LogP contribution in [-0.4, -0.2) is 12.3 Å². The van der Waals surface area contributed by atoms with Crippen molar-refractivity contribution in [3.63, 3.8) is 0 Å². The summed E-state index contributed by atoms with van der Waals surface area (Å²) in [5.74, 6) is -1.06. The summed E-state index contributed by atoms with van der Waals surface area (Å²) in [4.78, 5) is 10.6. The maximum absolute atomic E-state index is 13.1. The van der Waals surface area contributed by atoms with Gasteiger partial charge in [-0.3, -0.25) is 4.79 Å². The van der Waals surface area contributed by atoms with Gasteiger partial charge < -0.3 is 5.32 Å². The zero-order valence-electron chi connectivity index (χ0n) is 8.52. The summed E-state index contributed by atoms with van der Waals surface area (Å²) >= 11 is 0. The van der Waals surface area contributed by atoms with Crippen LogP contribution in [0.2, 0.25) is 0 Å². The molecule has 0 saturated carbocycles. The Morgan fingerprint density at radius 3 is 2.73 bits per heavy atom. The van der Waals surface area contributed by atoms with Crippen LogP contribution in [0.4, 0.5) is 8.78 Å². The van der Waals surface area contributed by atoms with Gasteiger partial charge in [-0.15, -0.1) is 0 Å². The van der Waals surface area contributed by atoms with Gasteiger partial charge in [-0.2, -0.15) is 0 Å². The molecule has 15 heavy (non-hydrogen) atoms. The molecule has 1 rings (SSSR count). The molecule has 0 bridgehead atoms. The Labute approximate surface area is 87.3 Å². The molecule has 0 radical (unpaired) electrons. The molecule has 4 heteroatoms. The van der Waals surface area contributed by atoms with Crippen molar-refractivity contribution in [1.82, 2.24) is 5.32 Å². The summed E-state index contributed by atoms with van der Waals surface area (Å²) < 4.78 is 25.6. The van der Waals surface area contributed by atoms with Crippen molar-refractivity contribution in [1.29, 1.82) is 0 Å². The first kappa shape index (κ1) is 11.8. The van der Waals surface area contributed by atoms with Gasteiger partial charge in [0, 0.05) is 31.1 Å². The molecule has 0 fully saturated rings. The third kappa shape index (κ3) is 4.16. The fraction of sp³-hybridized carbons (Fsp3) is 0.364. The van der Waals surface area contributed by atoms with Crippen molar-refractivity contribution >= 4 is 5.78 Å². The van der Waals surface area contributed by atoms with E-state index in [0.29, 0.717) is 25.1 Å². The molecule has 0 saturated heterocycles. The lowest BCUT2D eigenvalue weighted by Crippen LogP contribution is -2.17. The second-order valence-corrected chi connectivity index (χ2v) is 3.36. The Balaban J connectivity index is 2.40. The fourth-order valence-electron chi connectivity index (χ4n) is 1.15. The topological polar surface area (TPSA) is 29.1 Å². The lowest BCUT2D eigenvalue weighted by atomic mass is 10.2. The quantitative estimate of drug-likeness (QED) is 0.758. The van der Waals surface area contributed by atoms with Crippen molar-refractivity contribution in [2.24, 2.45) is 0 Å². The molecule has 1 aromatic rings. The number of rotatable bonds is 5. The average Bonchev–Trinajstić information content (AvgIpc) is 2.14. The molecule has 0 aromatic heterocycles. The van der Waals surface area contributed by atoms with E-state index in [1.165, 1.54) is 19.1 Å². The first-order chi connectivity index (χ1) is 7.09. The van der Waals surface area contributed by atoms with Crippen LogP contribution in [0.1, 0.15) is 18.9 Å². The normalized spacial score (nSPS) is 10.3. The van der Waals surface area contributed by atoms with E-state index in [1.54, 1.807) is 0 Å². The van der Waals surface area contributed by atoms with Gasteiger partial charge in [0.2, 0.25) is 0 Å². The molecule has 82 valence electrons. The van der Waals surface area contributed by atoms with Crippen LogP contribution in [0.25, 0.3) is 0 Å². The van der Waals surface area contributed by atoms with Gasteiger partial charge in [0.15, 0.2) is 0 Å². The molecule has 0 unspecified atom stereocenters. The molecular formula is C11H13F2NO. The molecule has 0 spiro atoms. The summed E-state index contributed by atoms with van der Waals surface area (Å²) in [7, 11) is 0. The predicted octanol–water partition coefficient (Wildman–Crippen LogP) is 2.03. The Morgan fingerprint density at radius 2 is 2.13 bits per heavy atom. The number of hydrogen-bond acceptors (Lipinski definition) is 2. The molecule has 0 aliphatic carbocycles. The molecule has 0 aliphatic heterocycles. The third-order valence-electron chi connectivity index (χ3n) is 1.98. The number of halogens is 2. The Morgan fingerprint density at radius 1 is 1.40 bits per heavy atom. The number of carbonyl (C=O) groups is 1. The van der Waals surface area contributed by atoms with Crippen LogP contribution >= 0.6 is 0 Å². The van der Waals surface area contributed by atoms with E-state index in [2.05, 4.69) is 5.32 Å². The van der Waals surface area contributed by atoms with E-state index in [1.807, 2.05) is 0 Å². The van der Waals surface area contributed by atoms with Gasteiger partial charge >= 0.3 is 0 Å². The smallest absolute Gasteiger partial charge is 0.131 e. The van der Waals surface area contributed by atoms with E-state index >= 15 is 0 Å². The molecule has 1 aromatic carbocycles. The van der Waals surface area contributed by atoms with E-state index in [9.17, 15) is 13.6 Å². The van der Waals surface area contributed by atoms with Gasteiger partial charge in [0.05, 0.1) is 0 Å². The van der Waals surface area contributed by atoms with Crippen LogP contribution in [0.3, 0.4) is 0 Å². The summed E-state index contributed by atoms with van der Waals surface area (Å²) in [6.07, 6.45) is 0.419. The second-order valence-electron chi connectivity index (χ2n) is 3.36. The molecule has 0 atom stereocenters. The molecule has 0 heterocycles. The zero-order valence-corrected chi connectivity index (χ0v) is 8.52. The highest BCUT2D eigenvalue weighted by atomic mass is 19.1. The lowest BCUT2D eigenvalue weighted by Gasteiger charge is -2.04. The predicted molar refractivity (Wildman–Crippen MR) is 53.4 cm³/mol. The maximum Gasteiger partial charge on any atom is 0.131 e. The highest BCUT2D eigenvalue weighted by Crippen LogP contribution is 2.08. The fourth-order valence-corrected chi connectivity index (χ4v) is 1.15. The third-order valence-corrected chi connectivity index (χ3v) is 1.98. The van der Waals surface area contributed by atoms with Gasteiger partial charge in [-0.1, -0.05) is 6.07 Å². The van der Waals surface area contributed by atoms with E-state index in [-0.39, 0.29) is 5.78 Å². The molecule has 1 N–H and O–H groups in total. The molecular weight excluding hydrogens is 200 g/mol. The highest BCUT2D eigenvalue weighted by Gasteiger charge is 2.02. The van der Waals surface area contributed by atoms with Crippen LogP contribution in [0.15, 0.2) is 18.2 Å². The summed E-state index contributed by atoms with van der Waals surface area (Å²) in [5, 5.41) is 2.91. The van der Waals surface area contributed by atoms with Gasteiger partial charge in [0.1, 0.15) is 17.4 Å². The standard InChI is InChI=1S/C11H13F2NO/c1-8(15)4-5-14-7-9-2-3-10(12)6-11(9)13/h2-3,6,14H,4-5,7H2,1H3. The Bertz CT molecular complexity index is 352. The number of benzene rings is 1. The Hall–Kier alpha value is -1.29. The average molecular weight is 213 g/mol. The minimum atomic E-state index is -0.583. The summed E-state index contributed by atoms with van der Waals surface area (Å²) in [6.45, 7) is 2.31. The van der Waals surface area contributed by atoms with Crippen molar-refractivity contribution in [2.75, 3.05) is 6.54 Å². The number of carbonyl (C=O) groups excluding carboxylic acids is 1. The highest BCUT2D eigenvalue weighted by molar-refractivity contribution is 5.75. The van der Waals surface area contributed by atoms with Crippen molar-refractivity contribution in [3.05, 3.63) is 35.4 Å². The second kappa shape index (κ2) is 5.56. The largest absolute Gasteiger partial charge is 0.312 e. The molecule has 0 aliphatic rings. The SMILES string of the molecule is CC(=O)CCNCc1ccc(F)cc1F. The number of ketones is 1. The number of Topliss-reactive ketones (excluding diaryl/α,β-unsaturated/α-hetero) is 1. The van der Waals surface area contributed by atoms with Crippen LogP contribution in [0, 0.1) is 11.6 Å². The van der Waals surface area contributed by atoms with E-state index in [4.69, 9.17) is 0 Å². The van der Waals surface area contributed by atoms with Crippen LogP contribution < -0.4 is 5.32 Å². The first-order valence-corrected chi connectivity index (χ1v) is 4.73. The van der Waals surface area contributed by atoms with Gasteiger partial charge in [-0.05, 0) is 13.0 Å². The lowest BCUT2D eigenvalue weighted by molar-refractivity contribution is -0.116. The van der Waals surface area contributed by atoms with Crippen molar-refractivity contribution < 1.29 is 13.6 Å². The minimum absolute atomic E-state index is 0.0853. The zero-order chi connectivity index (χ0) is 11.3. The number of nitrogens with one attached hydrogen (secondary N) is 1. The van der Waals surface area contributed by atoms with E-state index < -0.39 is 11.6 Å². The van der Waals surface area contributed by atoms with Crippen LogP contribution in [-0.2, 0) is 11.3 Å². The molecule has 2 nitrogen and oxygen atoms in total. The minimum Gasteiger partial charge on any atom is -0.312 e. The number of hydrogen-bond donors (Lipinski definition) is 1. The van der Waals surface area contributed by atoms with Gasteiger partial charge in [0.25, 0.3) is 0 Å². The van der Waals surface area contributed by atoms with Crippen LogP contribution in [0.5, 0.6) is 0 Å². The summed E-state index contributed by atoms with van der Waals surface area (Å²) in [5.41, 5.74) is 0.403. The first-order valence-electron chi connectivity index (χ1n) is 4.73. The van der Waals surface area contributed by atoms with Crippen molar-refractivity contribution in [3.8, 4) is 0 Å². The van der Waals surface area contributed by atoms with E-state index in [0.717, 1.165) is 6.07 Å². The Kier molecular flexibility index (Phi) is 4.37. The summed E-state index contributed by atoms with van der Waals surface area (Å²) in [6, 6.07) is 3.46. The monoisotopic (exact) mass is 213 g/mol. The van der Waals surface area contributed by atoms with Gasteiger partial charge in [-0.25, -0.2) is 8.78 Å². The van der Waals surface area contributed by atoms with Crippen molar-refractivity contribution in [2.45, 2.75) is 19.9 Å². The maximum atomic E-state index is 13.1. The molecule has 0 amide bonds.